The van der Waals surface area contributed by atoms with Crippen molar-refractivity contribution in [3.8, 4) is 5.75 Å². The number of benzene rings is 1. The fraction of sp³-hybridized carbons (Fsp3) is 0.556. The predicted octanol–water partition coefficient (Wildman–Crippen LogP) is 2.59. The number of nitrogens with zero attached hydrogens (tertiary/aromatic N) is 2. The molecular weight excluding hydrogens is 292 g/mol. The van der Waals surface area contributed by atoms with Crippen molar-refractivity contribution in [2.24, 2.45) is 0 Å². The Morgan fingerprint density at radius 2 is 2.13 bits per heavy atom. The lowest BCUT2D eigenvalue weighted by Crippen LogP contribution is -2.49. The van der Waals surface area contributed by atoms with Gasteiger partial charge in [-0.1, -0.05) is 19.1 Å². The lowest BCUT2D eigenvalue weighted by molar-refractivity contribution is -0.134. The Hall–Kier alpha value is -2.04. The summed E-state index contributed by atoms with van der Waals surface area (Å²) in [6.45, 7) is 3.39. The third kappa shape index (κ3) is 3.33. The van der Waals surface area contributed by atoms with Gasteiger partial charge in [-0.2, -0.15) is 0 Å². The molecule has 1 atom stereocenters. The minimum Gasteiger partial charge on any atom is -0.491 e. The van der Waals surface area contributed by atoms with Crippen LogP contribution in [0.5, 0.6) is 5.75 Å². The van der Waals surface area contributed by atoms with E-state index in [0.717, 1.165) is 25.8 Å². The number of anilines is 1. The zero-order chi connectivity index (χ0) is 16.2. The van der Waals surface area contributed by atoms with Crippen molar-refractivity contribution in [3.63, 3.8) is 0 Å². The normalized spacial score (nSPS) is 21.4. The van der Waals surface area contributed by atoms with Crippen molar-refractivity contribution in [1.29, 1.82) is 0 Å². The average Bonchev–Trinajstić information content (AvgIpc) is 2.74. The maximum atomic E-state index is 12.8. The van der Waals surface area contributed by atoms with Crippen LogP contribution in [-0.2, 0) is 9.59 Å². The largest absolute Gasteiger partial charge is 0.491 e. The highest BCUT2D eigenvalue weighted by atomic mass is 16.5. The summed E-state index contributed by atoms with van der Waals surface area (Å²) in [7, 11) is 0. The minimum absolute atomic E-state index is 0.0432. The Kier molecular flexibility index (Phi) is 4.84. The van der Waals surface area contributed by atoms with E-state index in [0.29, 0.717) is 30.5 Å². The quantitative estimate of drug-likeness (QED) is 0.861. The standard InChI is InChI=1S/C18H24N2O3/c1-2-14-7-5-6-11-19(14)18(22)13-20-15-8-3-4-9-16(15)23-12-10-17(20)21/h3-4,8-9,14H,2,5-7,10-13H2,1H3/t14-/m1/s1. The number of rotatable bonds is 3. The van der Waals surface area contributed by atoms with Gasteiger partial charge in [0.2, 0.25) is 11.8 Å². The molecule has 0 aromatic heterocycles. The first-order valence-electron chi connectivity index (χ1n) is 8.52. The maximum Gasteiger partial charge on any atom is 0.242 e. The van der Waals surface area contributed by atoms with E-state index in [9.17, 15) is 9.59 Å². The molecule has 2 heterocycles. The van der Waals surface area contributed by atoms with E-state index in [1.54, 1.807) is 4.90 Å². The van der Waals surface area contributed by atoms with Crippen LogP contribution in [0, 0.1) is 0 Å². The van der Waals surface area contributed by atoms with E-state index in [2.05, 4.69) is 6.92 Å². The van der Waals surface area contributed by atoms with Gasteiger partial charge in [-0.3, -0.25) is 14.5 Å². The van der Waals surface area contributed by atoms with Crippen LogP contribution in [0.2, 0.25) is 0 Å². The van der Waals surface area contributed by atoms with Crippen LogP contribution in [0.3, 0.4) is 0 Å². The maximum absolute atomic E-state index is 12.8. The van der Waals surface area contributed by atoms with Crippen molar-refractivity contribution >= 4 is 17.5 Å². The van der Waals surface area contributed by atoms with E-state index in [1.165, 1.54) is 6.42 Å². The van der Waals surface area contributed by atoms with Crippen LogP contribution in [0.1, 0.15) is 39.0 Å². The molecule has 1 aromatic carbocycles. The molecule has 1 aromatic rings. The van der Waals surface area contributed by atoms with Crippen LogP contribution in [-0.4, -0.2) is 42.5 Å². The Morgan fingerprint density at radius 3 is 2.96 bits per heavy atom. The SMILES string of the molecule is CC[C@@H]1CCCCN1C(=O)CN1C(=O)CCOc2ccccc21. The first-order chi connectivity index (χ1) is 11.2. The number of hydrogen-bond acceptors (Lipinski definition) is 3. The predicted molar refractivity (Wildman–Crippen MR) is 88.6 cm³/mol. The molecule has 0 saturated carbocycles. The summed E-state index contributed by atoms with van der Waals surface area (Å²) in [5.74, 6) is 0.673. The Balaban J connectivity index is 1.80. The summed E-state index contributed by atoms with van der Waals surface area (Å²) in [4.78, 5) is 28.8. The van der Waals surface area contributed by atoms with Crippen LogP contribution < -0.4 is 9.64 Å². The fourth-order valence-corrected chi connectivity index (χ4v) is 3.47. The zero-order valence-corrected chi connectivity index (χ0v) is 13.7. The highest BCUT2D eigenvalue weighted by Crippen LogP contribution is 2.31. The van der Waals surface area contributed by atoms with Gasteiger partial charge in [0.1, 0.15) is 12.3 Å². The topological polar surface area (TPSA) is 49.9 Å². The van der Waals surface area contributed by atoms with E-state index < -0.39 is 0 Å². The summed E-state index contributed by atoms with van der Waals surface area (Å²) >= 11 is 0. The molecule has 3 rings (SSSR count). The van der Waals surface area contributed by atoms with Gasteiger partial charge >= 0.3 is 0 Å². The van der Waals surface area contributed by atoms with Gasteiger partial charge in [0.05, 0.1) is 18.7 Å². The summed E-state index contributed by atoms with van der Waals surface area (Å²) < 4.78 is 5.63. The average molecular weight is 316 g/mol. The second kappa shape index (κ2) is 7.02. The van der Waals surface area contributed by atoms with Gasteiger partial charge in [0.25, 0.3) is 0 Å². The molecule has 5 heteroatoms. The number of likely N-dealkylation sites (tertiary alicyclic amines) is 1. The number of carbonyl (C=O) groups excluding carboxylic acids is 2. The highest BCUT2D eigenvalue weighted by Gasteiger charge is 2.30. The molecule has 1 fully saturated rings. The lowest BCUT2D eigenvalue weighted by Gasteiger charge is -2.36. The third-order valence-electron chi connectivity index (χ3n) is 4.74. The van der Waals surface area contributed by atoms with Crippen molar-refractivity contribution in [2.75, 3.05) is 24.6 Å². The number of carbonyl (C=O) groups is 2. The molecule has 5 nitrogen and oxygen atoms in total. The minimum atomic E-state index is -0.0478. The van der Waals surface area contributed by atoms with Crippen LogP contribution in [0.15, 0.2) is 24.3 Å². The van der Waals surface area contributed by atoms with E-state index in [-0.39, 0.29) is 18.4 Å². The molecular formula is C18H24N2O3. The Labute approximate surface area is 137 Å². The monoisotopic (exact) mass is 316 g/mol. The molecule has 0 radical (unpaired) electrons. The number of para-hydroxylation sites is 2. The molecule has 2 aliphatic rings. The molecule has 23 heavy (non-hydrogen) atoms. The van der Waals surface area contributed by atoms with E-state index in [4.69, 9.17) is 4.74 Å². The van der Waals surface area contributed by atoms with E-state index >= 15 is 0 Å². The first kappa shape index (κ1) is 15.8. The molecule has 0 spiro atoms. The molecule has 2 aliphatic heterocycles. The summed E-state index contributed by atoms with van der Waals surface area (Å²) in [6.07, 6.45) is 4.58. The smallest absolute Gasteiger partial charge is 0.242 e. The number of amides is 2. The molecule has 124 valence electrons. The second-order valence-corrected chi connectivity index (χ2v) is 6.19. The fourth-order valence-electron chi connectivity index (χ4n) is 3.47. The van der Waals surface area contributed by atoms with Crippen LogP contribution in [0.25, 0.3) is 0 Å². The van der Waals surface area contributed by atoms with Gasteiger partial charge in [0, 0.05) is 12.6 Å². The Morgan fingerprint density at radius 1 is 1.30 bits per heavy atom. The van der Waals surface area contributed by atoms with Gasteiger partial charge in [-0.25, -0.2) is 0 Å². The van der Waals surface area contributed by atoms with Crippen molar-refractivity contribution in [1.82, 2.24) is 4.90 Å². The number of fused-ring (bicyclic) bond motifs is 1. The third-order valence-corrected chi connectivity index (χ3v) is 4.74. The number of hydrogen-bond donors (Lipinski definition) is 0. The molecule has 0 bridgehead atoms. The highest BCUT2D eigenvalue weighted by molar-refractivity contribution is 6.00. The van der Waals surface area contributed by atoms with Crippen molar-refractivity contribution < 1.29 is 14.3 Å². The second-order valence-electron chi connectivity index (χ2n) is 6.19. The summed E-state index contributed by atoms with van der Waals surface area (Å²) in [5.41, 5.74) is 0.702. The summed E-state index contributed by atoms with van der Waals surface area (Å²) in [5, 5.41) is 0. The number of ether oxygens (including phenoxy) is 1. The van der Waals surface area contributed by atoms with Gasteiger partial charge in [0.15, 0.2) is 0 Å². The van der Waals surface area contributed by atoms with Crippen LogP contribution in [0.4, 0.5) is 5.69 Å². The summed E-state index contributed by atoms with van der Waals surface area (Å²) in [6, 6.07) is 7.76. The molecule has 0 aliphatic carbocycles. The zero-order valence-electron chi connectivity index (χ0n) is 13.7. The molecule has 1 saturated heterocycles. The van der Waals surface area contributed by atoms with Gasteiger partial charge < -0.3 is 9.64 Å². The van der Waals surface area contributed by atoms with Crippen LogP contribution >= 0.6 is 0 Å². The lowest BCUT2D eigenvalue weighted by atomic mass is 10.00. The van der Waals surface area contributed by atoms with Gasteiger partial charge in [-0.15, -0.1) is 0 Å². The van der Waals surface area contributed by atoms with Crippen molar-refractivity contribution in [3.05, 3.63) is 24.3 Å². The van der Waals surface area contributed by atoms with E-state index in [1.807, 2.05) is 29.2 Å². The van der Waals surface area contributed by atoms with Gasteiger partial charge in [-0.05, 0) is 37.8 Å². The molecule has 0 N–H and O–H groups in total. The molecule has 2 amide bonds. The first-order valence-corrected chi connectivity index (χ1v) is 8.52. The Bertz CT molecular complexity index is 587. The number of piperidine rings is 1. The van der Waals surface area contributed by atoms with Crippen molar-refractivity contribution in [2.45, 2.75) is 45.1 Å². The molecule has 0 unspecified atom stereocenters.